The lowest BCUT2D eigenvalue weighted by Crippen LogP contribution is -2.39. The van der Waals surface area contributed by atoms with E-state index in [2.05, 4.69) is 18.7 Å². The Hall–Kier alpha value is -1.14. The number of ether oxygens (including phenoxy) is 2. The van der Waals surface area contributed by atoms with Crippen LogP contribution < -0.4 is 0 Å². The fourth-order valence-corrected chi connectivity index (χ4v) is 5.33. The minimum absolute atomic E-state index is 0.0501. The van der Waals surface area contributed by atoms with E-state index < -0.39 is 0 Å². The molecule has 6 heteroatoms. The van der Waals surface area contributed by atoms with Gasteiger partial charge in [0.1, 0.15) is 0 Å². The van der Waals surface area contributed by atoms with Gasteiger partial charge in [-0.15, -0.1) is 0 Å². The molecule has 0 radical (unpaired) electrons. The first-order valence-electron chi connectivity index (χ1n) is 15.8. The van der Waals surface area contributed by atoms with Gasteiger partial charge >= 0.3 is 11.9 Å². The zero-order valence-corrected chi connectivity index (χ0v) is 24.4. The van der Waals surface area contributed by atoms with Gasteiger partial charge in [0.25, 0.3) is 0 Å². The SMILES string of the molecule is CCCCCCCC(=O)OCC(CCCCN(CCO)C1CCCCC1)COC(=O)CCCCCCC. The Morgan fingerprint density at radius 3 is 1.78 bits per heavy atom. The third-order valence-electron chi connectivity index (χ3n) is 7.71. The molecule has 0 aliphatic heterocycles. The van der Waals surface area contributed by atoms with E-state index >= 15 is 0 Å². The summed E-state index contributed by atoms with van der Waals surface area (Å²) in [5.74, 6) is -0.209. The molecule has 0 amide bonds. The quantitative estimate of drug-likeness (QED) is 0.106. The summed E-state index contributed by atoms with van der Waals surface area (Å²) < 4.78 is 11.2. The molecule has 0 aromatic carbocycles. The number of rotatable bonds is 24. The average Bonchev–Trinajstić information content (AvgIpc) is 2.91. The standard InChI is InChI=1S/C31H59NO5/c1-3-5-7-9-14-21-30(34)36-26-28(27-37-31(35)22-15-10-8-6-4-2)18-16-17-23-32(24-25-33)29-19-12-11-13-20-29/h28-29,33H,3-27H2,1-2H3. The molecule has 1 N–H and O–H groups in total. The first kappa shape index (κ1) is 33.9. The minimum atomic E-state index is -0.129. The third kappa shape index (κ3) is 18.7. The largest absolute Gasteiger partial charge is 0.465 e. The monoisotopic (exact) mass is 525 g/mol. The molecule has 0 heterocycles. The van der Waals surface area contributed by atoms with Crippen molar-refractivity contribution in [1.82, 2.24) is 4.90 Å². The molecule has 0 unspecified atom stereocenters. The fourth-order valence-electron chi connectivity index (χ4n) is 5.33. The number of hydrogen-bond donors (Lipinski definition) is 1. The van der Waals surface area contributed by atoms with E-state index in [4.69, 9.17) is 9.47 Å². The van der Waals surface area contributed by atoms with Crippen LogP contribution in [0.3, 0.4) is 0 Å². The van der Waals surface area contributed by atoms with E-state index in [9.17, 15) is 14.7 Å². The molecule has 0 aromatic heterocycles. The highest BCUT2D eigenvalue weighted by Gasteiger charge is 2.21. The molecule has 37 heavy (non-hydrogen) atoms. The predicted molar refractivity (Wildman–Crippen MR) is 152 cm³/mol. The number of carbonyl (C=O) groups is 2. The number of hydrogen-bond acceptors (Lipinski definition) is 6. The smallest absolute Gasteiger partial charge is 0.305 e. The van der Waals surface area contributed by atoms with Crippen LogP contribution in [0.5, 0.6) is 0 Å². The van der Waals surface area contributed by atoms with Crippen molar-refractivity contribution >= 4 is 11.9 Å². The van der Waals surface area contributed by atoms with Crippen LogP contribution in [0.4, 0.5) is 0 Å². The predicted octanol–water partition coefficient (Wildman–Crippen LogP) is 7.21. The van der Waals surface area contributed by atoms with Gasteiger partial charge in [-0.2, -0.15) is 0 Å². The summed E-state index contributed by atoms with van der Waals surface area (Å²) >= 11 is 0. The summed E-state index contributed by atoms with van der Waals surface area (Å²) in [6, 6.07) is 0.605. The Bertz CT molecular complexity index is 520. The molecular formula is C31H59NO5. The van der Waals surface area contributed by atoms with Crippen molar-refractivity contribution in [2.75, 3.05) is 32.9 Å². The summed E-state index contributed by atoms with van der Waals surface area (Å²) in [6.07, 6.45) is 21.4. The van der Waals surface area contributed by atoms with Gasteiger partial charge in [0.2, 0.25) is 0 Å². The van der Waals surface area contributed by atoms with E-state index in [0.29, 0.717) is 32.1 Å². The summed E-state index contributed by atoms with van der Waals surface area (Å²) in [5, 5.41) is 9.53. The lowest BCUT2D eigenvalue weighted by molar-refractivity contribution is -0.149. The third-order valence-corrected chi connectivity index (χ3v) is 7.71. The first-order valence-corrected chi connectivity index (χ1v) is 15.8. The van der Waals surface area contributed by atoms with Crippen molar-refractivity contribution < 1.29 is 24.2 Å². The number of carbonyl (C=O) groups excluding carboxylic acids is 2. The van der Waals surface area contributed by atoms with Crippen LogP contribution >= 0.6 is 0 Å². The summed E-state index contributed by atoms with van der Waals surface area (Å²) in [4.78, 5) is 27.0. The van der Waals surface area contributed by atoms with Crippen molar-refractivity contribution in [1.29, 1.82) is 0 Å². The highest BCUT2D eigenvalue weighted by atomic mass is 16.5. The highest BCUT2D eigenvalue weighted by Crippen LogP contribution is 2.23. The number of aliphatic hydroxyl groups excluding tert-OH is 1. The lowest BCUT2D eigenvalue weighted by Gasteiger charge is -2.34. The van der Waals surface area contributed by atoms with Crippen LogP contribution in [0.1, 0.15) is 142 Å². The van der Waals surface area contributed by atoms with Crippen molar-refractivity contribution in [2.45, 2.75) is 148 Å². The fraction of sp³-hybridized carbons (Fsp3) is 0.935. The molecule has 1 saturated carbocycles. The van der Waals surface area contributed by atoms with Gasteiger partial charge in [-0.25, -0.2) is 0 Å². The summed E-state index contributed by atoms with van der Waals surface area (Å²) in [5.41, 5.74) is 0. The topological polar surface area (TPSA) is 76.1 Å². The van der Waals surface area contributed by atoms with Crippen LogP contribution in [0, 0.1) is 5.92 Å². The maximum absolute atomic E-state index is 12.3. The second-order valence-corrected chi connectivity index (χ2v) is 11.1. The zero-order valence-electron chi connectivity index (χ0n) is 24.4. The van der Waals surface area contributed by atoms with Gasteiger partial charge in [-0.05, 0) is 45.1 Å². The second kappa shape index (κ2) is 23.9. The summed E-state index contributed by atoms with van der Waals surface area (Å²) in [7, 11) is 0. The molecule has 0 spiro atoms. The zero-order chi connectivity index (χ0) is 27.0. The molecule has 1 rings (SSSR count). The molecule has 0 atom stereocenters. The Balaban J connectivity index is 2.42. The number of nitrogens with zero attached hydrogens (tertiary/aromatic N) is 1. The number of unbranched alkanes of at least 4 members (excludes halogenated alkanes) is 9. The van der Waals surface area contributed by atoms with Crippen LogP contribution in [0.25, 0.3) is 0 Å². The molecule has 0 saturated heterocycles. The maximum Gasteiger partial charge on any atom is 0.305 e. The van der Waals surface area contributed by atoms with Crippen LogP contribution in [0.2, 0.25) is 0 Å². The normalized spacial score (nSPS) is 14.4. The van der Waals surface area contributed by atoms with E-state index in [1.807, 2.05) is 0 Å². The molecule has 0 bridgehead atoms. The average molecular weight is 526 g/mol. The van der Waals surface area contributed by atoms with E-state index in [1.54, 1.807) is 0 Å². The minimum Gasteiger partial charge on any atom is -0.465 e. The lowest BCUT2D eigenvalue weighted by atomic mass is 9.94. The van der Waals surface area contributed by atoms with Crippen molar-refractivity contribution in [3.8, 4) is 0 Å². The van der Waals surface area contributed by atoms with Crippen LogP contribution in [0.15, 0.2) is 0 Å². The van der Waals surface area contributed by atoms with E-state index in [1.165, 1.54) is 70.6 Å². The van der Waals surface area contributed by atoms with E-state index in [-0.39, 0.29) is 24.5 Å². The molecule has 1 fully saturated rings. The first-order chi connectivity index (χ1) is 18.1. The Morgan fingerprint density at radius 2 is 1.27 bits per heavy atom. The van der Waals surface area contributed by atoms with Gasteiger partial charge in [0.05, 0.1) is 19.8 Å². The molecule has 0 aromatic rings. The Labute approximate surface area is 228 Å². The molecule has 6 nitrogen and oxygen atoms in total. The van der Waals surface area contributed by atoms with Gasteiger partial charge < -0.3 is 14.6 Å². The van der Waals surface area contributed by atoms with Crippen molar-refractivity contribution in [3.63, 3.8) is 0 Å². The van der Waals surface area contributed by atoms with Gasteiger partial charge in [-0.3, -0.25) is 14.5 Å². The Morgan fingerprint density at radius 1 is 0.730 bits per heavy atom. The van der Waals surface area contributed by atoms with Crippen LogP contribution in [-0.2, 0) is 19.1 Å². The van der Waals surface area contributed by atoms with Gasteiger partial charge in [-0.1, -0.05) is 90.9 Å². The number of aliphatic hydroxyl groups is 1. The number of esters is 2. The maximum atomic E-state index is 12.3. The Kier molecular flexibility index (Phi) is 21.9. The van der Waals surface area contributed by atoms with Gasteiger partial charge in [0, 0.05) is 31.3 Å². The van der Waals surface area contributed by atoms with Crippen molar-refractivity contribution in [3.05, 3.63) is 0 Å². The summed E-state index contributed by atoms with van der Waals surface area (Å²) in [6.45, 7) is 7.00. The molecular weight excluding hydrogens is 466 g/mol. The second-order valence-electron chi connectivity index (χ2n) is 11.1. The van der Waals surface area contributed by atoms with Crippen LogP contribution in [-0.4, -0.2) is 60.9 Å². The molecule has 218 valence electrons. The van der Waals surface area contributed by atoms with Crippen molar-refractivity contribution in [2.24, 2.45) is 5.92 Å². The van der Waals surface area contributed by atoms with E-state index in [0.717, 1.165) is 58.0 Å². The molecule has 1 aliphatic carbocycles. The van der Waals surface area contributed by atoms with Gasteiger partial charge in [0.15, 0.2) is 0 Å². The highest BCUT2D eigenvalue weighted by molar-refractivity contribution is 5.69. The molecule has 1 aliphatic rings.